The van der Waals surface area contributed by atoms with E-state index in [1.807, 2.05) is 0 Å². The molecule has 158 valence electrons. The fourth-order valence-corrected chi connectivity index (χ4v) is 3.64. The Morgan fingerprint density at radius 2 is 2.00 bits per heavy atom. The van der Waals surface area contributed by atoms with E-state index in [2.05, 4.69) is 36.3 Å². The molecule has 2 aromatic rings. The van der Waals surface area contributed by atoms with E-state index in [1.165, 1.54) is 0 Å². The number of hydrogen-bond acceptors (Lipinski definition) is 8. The Bertz CT molecular complexity index is 1010. The summed E-state index contributed by atoms with van der Waals surface area (Å²) in [4.78, 5) is 32.5. The SMILES string of the molecule is O=C1NC(=O)/C(=C/c2cnn3c(NC4CC4)nc(NCCC4CCOCC4)nc23)N1. The third-order valence-corrected chi connectivity index (χ3v) is 5.50. The third kappa shape index (κ3) is 4.06. The monoisotopic (exact) mass is 412 g/mol. The van der Waals surface area contributed by atoms with E-state index < -0.39 is 11.9 Å². The Morgan fingerprint density at radius 3 is 2.73 bits per heavy atom. The minimum atomic E-state index is -0.538. The zero-order valence-corrected chi connectivity index (χ0v) is 16.5. The van der Waals surface area contributed by atoms with E-state index in [1.54, 1.807) is 16.8 Å². The van der Waals surface area contributed by atoms with Crippen LogP contribution in [0.3, 0.4) is 0 Å². The number of carbonyl (C=O) groups excluding carboxylic acids is 2. The Kier molecular flexibility index (Phi) is 4.95. The number of hydrogen-bond donors (Lipinski definition) is 4. The van der Waals surface area contributed by atoms with Crippen molar-refractivity contribution in [2.24, 2.45) is 5.92 Å². The fourth-order valence-electron chi connectivity index (χ4n) is 3.64. The van der Waals surface area contributed by atoms with Gasteiger partial charge in [0.1, 0.15) is 5.70 Å². The van der Waals surface area contributed by atoms with Crippen LogP contribution in [0.25, 0.3) is 11.7 Å². The van der Waals surface area contributed by atoms with Gasteiger partial charge in [-0.1, -0.05) is 0 Å². The minimum absolute atomic E-state index is 0.166. The number of imide groups is 1. The highest BCUT2D eigenvalue weighted by molar-refractivity contribution is 6.14. The Balaban J connectivity index is 1.40. The smallest absolute Gasteiger partial charge is 0.326 e. The maximum Gasteiger partial charge on any atom is 0.326 e. The number of carbonyl (C=O) groups is 2. The second-order valence-corrected chi connectivity index (χ2v) is 7.86. The molecule has 1 saturated carbocycles. The molecule has 0 atom stereocenters. The van der Waals surface area contributed by atoms with Crippen LogP contribution in [-0.4, -0.2) is 57.3 Å². The summed E-state index contributed by atoms with van der Waals surface area (Å²) in [6.45, 7) is 2.44. The predicted molar refractivity (Wildman–Crippen MR) is 109 cm³/mol. The van der Waals surface area contributed by atoms with Gasteiger partial charge in [0.2, 0.25) is 11.9 Å². The number of amides is 3. The third-order valence-electron chi connectivity index (χ3n) is 5.50. The summed E-state index contributed by atoms with van der Waals surface area (Å²) in [6.07, 6.45) is 8.59. The highest BCUT2D eigenvalue weighted by Crippen LogP contribution is 2.26. The maximum atomic E-state index is 11.9. The average Bonchev–Trinajstić information content (AvgIpc) is 3.37. The van der Waals surface area contributed by atoms with E-state index in [0.717, 1.165) is 51.9 Å². The van der Waals surface area contributed by atoms with Crippen LogP contribution in [0.15, 0.2) is 11.9 Å². The van der Waals surface area contributed by atoms with Crippen molar-refractivity contribution in [2.75, 3.05) is 30.4 Å². The van der Waals surface area contributed by atoms with Gasteiger partial charge in [0, 0.05) is 31.4 Å². The molecule has 3 amide bonds. The summed E-state index contributed by atoms with van der Waals surface area (Å²) in [5.41, 5.74) is 1.35. The highest BCUT2D eigenvalue weighted by atomic mass is 16.5. The van der Waals surface area contributed by atoms with Crippen molar-refractivity contribution in [3.63, 3.8) is 0 Å². The Morgan fingerprint density at radius 1 is 1.17 bits per heavy atom. The standard InChI is InChI=1S/C19H24N8O3/c28-16-14(23-19(29)25-16)9-12-10-21-27-15(12)24-17(26-18(27)22-13-1-2-13)20-6-3-11-4-7-30-8-5-11/h9-11,13H,1-8H2,(H2,20,22,24,26)(H2,23,25,28,29)/b14-9-. The molecule has 0 unspecified atom stereocenters. The van der Waals surface area contributed by atoms with Crippen LogP contribution < -0.4 is 21.3 Å². The Hall–Kier alpha value is -3.21. The molecule has 0 spiro atoms. The van der Waals surface area contributed by atoms with Gasteiger partial charge in [-0.3, -0.25) is 10.1 Å². The van der Waals surface area contributed by atoms with Gasteiger partial charge in [0.15, 0.2) is 5.65 Å². The number of nitrogens with zero attached hydrogens (tertiary/aromatic N) is 4. The molecule has 2 aliphatic heterocycles. The quantitative estimate of drug-likeness (QED) is 0.392. The van der Waals surface area contributed by atoms with Crippen LogP contribution >= 0.6 is 0 Å². The van der Waals surface area contributed by atoms with Crippen molar-refractivity contribution < 1.29 is 14.3 Å². The molecule has 3 aliphatic rings. The van der Waals surface area contributed by atoms with Crippen LogP contribution in [0, 0.1) is 5.92 Å². The summed E-state index contributed by atoms with van der Waals surface area (Å²) in [5.74, 6) is 1.30. The van der Waals surface area contributed by atoms with Gasteiger partial charge in [0.25, 0.3) is 5.91 Å². The molecular formula is C19H24N8O3. The van der Waals surface area contributed by atoms with Crippen LogP contribution in [0.1, 0.15) is 37.7 Å². The number of anilines is 2. The first kappa shape index (κ1) is 18.8. The zero-order valence-electron chi connectivity index (χ0n) is 16.5. The topological polar surface area (TPSA) is 135 Å². The van der Waals surface area contributed by atoms with Gasteiger partial charge in [-0.2, -0.15) is 19.6 Å². The van der Waals surface area contributed by atoms with Crippen molar-refractivity contribution in [3.05, 3.63) is 17.5 Å². The van der Waals surface area contributed by atoms with Crippen molar-refractivity contribution in [1.29, 1.82) is 0 Å². The number of urea groups is 1. The second-order valence-electron chi connectivity index (χ2n) is 7.86. The molecule has 4 N–H and O–H groups in total. The van der Waals surface area contributed by atoms with Gasteiger partial charge in [-0.15, -0.1) is 0 Å². The van der Waals surface area contributed by atoms with Crippen molar-refractivity contribution in [2.45, 2.75) is 38.1 Å². The first-order valence-electron chi connectivity index (χ1n) is 10.3. The lowest BCUT2D eigenvalue weighted by Crippen LogP contribution is -2.22. The second kappa shape index (κ2) is 7.90. The molecule has 0 radical (unpaired) electrons. The van der Waals surface area contributed by atoms with Crippen LogP contribution in [0.2, 0.25) is 0 Å². The highest BCUT2D eigenvalue weighted by Gasteiger charge is 2.26. The summed E-state index contributed by atoms with van der Waals surface area (Å²) >= 11 is 0. The first-order chi connectivity index (χ1) is 14.7. The lowest BCUT2D eigenvalue weighted by Gasteiger charge is -2.21. The molecule has 0 aromatic carbocycles. The first-order valence-corrected chi connectivity index (χ1v) is 10.3. The number of aromatic nitrogens is 4. The molecule has 11 heteroatoms. The number of fused-ring (bicyclic) bond motifs is 1. The molecule has 11 nitrogen and oxygen atoms in total. The minimum Gasteiger partial charge on any atom is -0.381 e. The number of nitrogens with one attached hydrogen (secondary N) is 4. The van der Waals surface area contributed by atoms with Gasteiger partial charge >= 0.3 is 6.03 Å². The van der Waals surface area contributed by atoms with Crippen LogP contribution in [0.4, 0.5) is 16.7 Å². The molecule has 2 aromatic heterocycles. The largest absolute Gasteiger partial charge is 0.381 e. The fraction of sp³-hybridized carbons (Fsp3) is 0.526. The molecular weight excluding hydrogens is 388 g/mol. The predicted octanol–water partition coefficient (Wildman–Crippen LogP) is 1.11. The molecule has 3 fully saturated rings. The summed E-state index contributed by atoms with van der Waals surface area (Å²) in [7, 11) is 0. The molecule has 5 rings (SSSR count). The van der Waals surface area contributed by atoms with Gasteiger partial charge < -0.3 is 20.7 Å². The molecule has 0 bridgehead atoms. The van der Waals surface area contributed by atoms with E-state index in [-0.39, 0.29) is 5.70 Å². The molecule has 4 heterocycles. The van der Waals surface area contributed by atoms with Crippen LogP contribution in [0.5, 0.6) is 0 Å². The van der Waals surface area contributed by atoms with E-state index in [9.17, 15) is 9.59 Å². The van der Waals surface area contributed by atoms with Crippen molar-refractivity contribution >= 4 is 35.6 Å². The molecule has 2 saturated heterocycles. The van der Waals surface area contributed by atoms with Gasteiger partial charge in [0.05, 0.1) is 6.20 Å². The molecule has 30 heavy (non-hydrogen) atoms. The van der Waals surface area contributed by atoms with Crippen molar-refractivity contribution in [1.82, 2.24) is 30.2 Å². The zero-order chi connectivity index (χ0) is 20.5. The summed E-state index contributed by atoms with van der Waals surface area (Å²) in [5, 5.41) is 15.8. The number of ether oxygens (including phenoxy) is 1. The van der Waals surface area contributed by atoms with E-state index >= 15 is 0 Å². The van der Waals surface area contributed by atoms with Gasteiger partial charge in [-0.05, 0) is 44.1 Å². The lowest BCUT2D eigenvalue weighted by atomic mass is 9.97. The van der Waals surface area contributed by atoms with Crippen LogP contribution in [-0.2, 0) is 9.53 Å². The van der Waals surface area contributed by atoms with Crippen molar-refractivity contribution in [3.8, 4) is 0 Å². The normalized spacial score (nSPS) is 21.1. The summed E-state index contributed by atoms with van der Waals surface area (Å²) < 4.78 is 7.05. The van der Waals surface area contributed by atoms with E-state index in [0.29, 0.717) is 35.1 Å². The lowest BCUT2D eigenvalue weighted by molar-refractivity contribution is -0.115. The summed E-state index contributed by atoms with van der Waals surface area (Å²) in [6, 6.07) is -0.145. The van der Waals surface area contributed by atoms with Gasteiger partial charge in [-0.25, -0.2) is 4.79 Å². The Labute approximate surface area is 172 Å². The number of rotatable bonds is 7. The average molecular weight is 412 g/mol. The maximum absolute atomic E-state index is 11.9. The molecule has 1 aliphatic carbocycles. The van der Waals surface area contributed by atoms with E-state index in [4.69, 9.17) is 4.74 Å².